The van der Waals surface area contributed by atoms with Crippen molar-refractivity contribution in [3.8, 4) is 0 Å². The van der Waals surface area contributed by atoms with Gasteiger partial charge >= 0.3 is 0 Å². The highest BCUT2D eigenvalue weighted by Gasteiger charge is 2.34. The van der Waals surface area contributed by atoms with Crippen molar-refractivity contribution in [2.45, 2.75) is 23.8 Å². The Kier molecular flexibility index (Phi) is 6.65. The van der Waals surface area contributed by atoms with E-state index in [9.17, 15) is 4.79 Å². The second-order valence-electron chi connectivity index (χ2n) is 5.39. The number of carbonyl (C=O) groups excluding carboxylic acids is 1. The highest BCUT2D eigenvalue weighted by Crippen LogP contribution is 2.32. The van der Waals surface area contributed by atoms with Crippen LogP contribution >= 0.6 is 57.4 Å². The summed E-state index contributed by atoms with van der Waals surface area (Å²) in [6.45, 7) is 3.95. The summed E-state index contributed by atoms with van der Waals surface area (Å²) in [4.78, 5) is 12.5. The topological polar surface area (TPSA) is 41.1 Å². The van der Waals surface area contributed by atoms with Crippen LogP contribution in [0.15, 0.2) is 42.5 Å². The molecule has 0 fully saturated rings. The third-order valence-electron chi connectivity index (χ3n) is 3.40. The van der Waals surface area contributed by atoms with Gasteiger partial charge in [-0.15, -0.1) is 0 Å². The number of hydrogen-bond acceptors (Lipinski definition) is 2. The summed E-state index contributed by atoms with van der Waals surface area (Å²) in [7, 11) is 0. The van der Waals surface area contributed by atoms with Gasteiger partial charge in [-0.1, -0.05) is 64.6 Å². The van der Waals surface area contributed by atoms with Crippen LogP contribution in [0.5, 0.6) is 0 Å². The average molecular weight is 498 g/mol. The molecule has 0 aliphatic heterocycles. The first-order valence-corrected chi connectivity index (χ1v) is 9.35. The van der Waals surface area contributed by atoms with E-state index in [1.54, 1.807) is 12.1 Å². The van der Waals surface area contributed by atoms with Gasteiger partial charge in [0.1, 0.15) is 6.17 Å². The first-order valence-electron chi connectivity index (χ1n) is 7.14. The van der Waals surface area contributed by atoms with Gasteiger partial charge in [0.25, 0.3) is 5.91 Å². The number of anilines is 1. The van der Waals surface area contributed by atoms with Crippen LogP contribution in [0.4, 0.5) is 5.69 Å². The van der Waals surface area contributed by atoms with Crippen LogP contribution in [0.1, 0.15) is 21.5 Å². The van der Waals surface area contributed by atoms with E-state index in [-0.39, 0.29) is 5.91 Å². The molecule has 2 aromatic carbocycles. The molecule has 0 bridgehead atoms. The Bertz CT molecular complexity index is 747. The first kappa shape index (κ1) is 19.6. The molecule has 0 aromatic heterocycles. The second-order valence-corrected chi connectivity index (χ2v) is 8.92. The molecule has 2 aromatic rings. The number of alkyl halides is 3. The third-order valence-corrected chi connectivity index (χ3v) is 5.00. The zero-order valence-corrected chi connectivity index (χ0v) is 17.5. The maximum atomic E-state index is 12.5. The van der Waals surface area contributed by atoms with Crippen molar-refractivity contribution in [2.75, 3.05) is 5.32 Å². The van der Waals surface area contributed by atoms with E-state index in [1.807, 2.05) is 44.2 Å². The number of nitrogens with one attached hydrogen (secondary N) is 2. The van der Waals surface area contributed by atoms with Crippen LogP contribution in [0.3, 0.4) is 0 Å². The minimum absolute atomic E-state index is 0.311. The Morgan fingerprint density at radius 1 is 1.12 bits per heavy atom. The zero-order valence-electron chi connectivity index (χ0n) is 13.0. The first-order chi connectivity index (χ1) is 11.2. The molecule has 2 rings (SSSR count). The molecule has 3 nitrogen and oxygen atoms in total. The Hall–Kier alpha value is -0.690. The van der Waals surface area contributed by atoms with Crippen molar-refractivity contribution in [1.29, 1.82) is 0 Å². The molecule has 128 valence electrons. The van der Waals surface area contributed by atoms with Crippen molar-refractivity contribution >= 4 is 69.0 Å². The number of rotatable bonds is 4. The molecule has 2 N–H and O–H groups in total. The summed E-state index contributed by atoms with van der Waals surface area (Å²) in [5.74, 6) is -0.311. The molecule has 0 spiro atoms. The fourth-order valence-corrected chi connectivity index (χ4v) is 3.14. The molecule has 0 saturated carbocycles. The number of amides is 1. The molecule has 0 heterocycles. The van der Waals surface area contributed by atoms with Crippen LogP contribution in [-0.4, -0.2) is 15.9 Å². The summed E-state index contributed by atoms with van der Waals surface area (Å²) in [6.07, 6.45) is -0.882. The lowest BCUT2D eigenvalue weighted by Gasteiger charge is -2.28. The maximum absolute atomic E-state index is 12.5. The lowest BCUT2D eigenvalue weighted by Crippen LogP contribution is -2.49. The minimum atomic E-state index is -1.72. The van der Waals surface area contributed by atoms with Crippen LogP contribution in [-0.2, 0) is 0 Å². The monoisotopic (exact) mass is 496 g/mol. The lowest BCUT2D eigenvalue weighted by atomic mass is 10.1. The summed E-state index contributed by atoms with van der Waals surface area (Å²) in [5, 5.41) is 5.86. The Balaban J connectivity index is 2.23. The molecular weight excluding hydrogens is 481 g/mol. The van der Waals surface area contributed by atoms with Crippen LogP contribution in [0.2, 0.25) is 0 Å². The molecule has 1 amide bonds. The summed E-state index contributed by atoms with van der Waals surface area (Å²) < 4.78 is -0.894. The molecule has 7 heteroatoms. The minimum Gasteiger partial charge on any atom is -0.362 e. The van der Waals surface area contributed by atoms with Gasteiger partial charge in [-0.2, -0.15) is 0 Å². The normalized spacial score (nSPS) is 12.6. The molecule has 0 radical (unpaired) electrons. The molecular formula is C17H16Cl3IN2O. The van der Waals surface area contributed by atoms with Crippen molar-refractivity contribution in [3.05, 3.63) is 62.7 Å². The molecule has 1 unspecified atom stereocenters. The number of aryl methyl sites for hydroxylation is 2. The Morgan fingerprint density at radius 2 is 1.79 bits per heavy atom. The Labute approximate surface area is 170 Å². The van der Waals surface area contributed by atoms with Crippen molar-refractivity contribution in [2.24, 2.45) is 0 Å². The molecule has 0 saturated heterocycles. The number of carbonyl (C=O) groups is 1. The maximum Gasteiger partial charge on any atom is 0.254 e. The number of halogens is 4. The predicted molar refractivity (Wildman–Crippen MR) is 110 cm³/mol. The van der Waals surface area contributed by atoms with E-state index in [0.717, 1.165) is 20.4 Å². The number of benzene rings is 2. The Morgan fingerprint density at radius 3 is 2.38 bits per heavy atom. The smallest absolute Gasteiger partial charge is 0.254 e. The summed E-state index contributed by atoms with van der Waals surface area (Å²) >= 11 is 20.3. The van der Waals surface area contributed by atoms with Crippen LogP contribution in [0.25, 0.3) is 0 Å². The van der Waals surface area contributed by atoms with Gasteiger partial charge in [-0.3, -0.25) is 4.79 Å². The van der Waals surface area contributed by atoms with E-state index < -0.39 is 9.96 Å². The van der Waals surface area contributed by atoms with Gasteiger partial charge < -0.3 is 10.6 Å². The van der Waals surface area contributed by atoms with Gasteiger partial charge in [0.15, 0.2) is 0 Å². The van der Waals surface area contributed by atoms with Crippen molar-refractivity contribution in [3.63, 3.8) is 0 Å². The zero-order chi connectivity index (χ0) is 17.9. The van der Waals surface area contributed by atoms with Crippen molar-refractivity contribution < 1.29 is 4.79 Å². The molecule has 24 heavy (non-hydrogen) atoms. The lowest BCUT2D eigenvalue weighted by molar-refractivity contribution is 0.0941. The van der Waals surface area contributed by atoms with Gasteiger partial charge in [-0.05, 0) is 60.2 Å². The average Bonchev–Trinajstić information content (AvgIpc) is 2.48. The predicted octanol–water partition coefficient (Wildman–Crippen LogP) is 5.45. The molecule has 1 atom stereocenters. The second kappa shape index (κ2) is 8.13. The van der Waals surface area contributed by atoms with E-state index in [2.05, 4.69) is 33.2 Å². The number of hydrogen-bond donors (Lipinski definition) is 2. The summed E-state index contributed by atoms with van der Waals surface area (Å²) in [6, 6.07) is 13.1. The van der Waals surface area contributed by atoms with Gasteiger partial charge in [0.05, 0.1) is 5.56 Å². The van der Waals surface area contributed by atoms with E-state index >= 15 is 0 Å². The van der Waals surface area contributed by atoms with Gasteiger partial charge in [-0.25, -0.2) is 0 Å². The van der Waals surface area contributed by atoms with E-state index in [0.29, 0.717) is 5.56 Å². The highest BCUT2D eigenvalue weighted by molar-refractivity contribution is 14.1. The fraction of sp³-hybridized carbons (Fsp3) is 0.235. The highest BCUT2D eigenvalue weighted by atomic mass is 127. The standard InChI is InChI=1S/C17H16Cl3IN2O/c1-10-7-8-14(11(2)9-10)22-16(17(18,19)20)23-15(24)12-5-3-4-6-13(12)21/h3-9,16,22H,1-2H3,(H,23,24). The third kappa shape index (κ3) is 5.15. The van der Waals surface area contributed by atoms with E-state index in [4.69, 9.17) is 34.8 Å². The van der Waals surface area contributed by atoms with Crippen molar-refractivity contribution in [1.82, 2.24) is 5.32 Å². The SMILES string of the molecule is Cc1ccc(NC(NC(=O)c2ccccc2I)C(Cl)(Cl)Cl)c(C)c1. The van der Waals surface area contributed by atoms with E-state index in [1.165, 1.54) is 0 Å². The largest absolute Gasteiger partial charge is 0.362 e. The molecule has 0 aliphatic rings. The van der Waals surface area contributed by atoms with Crippen LogP contribution in [0, 0.1) is 17.4 Å². The summed E-state index contributed by atoms with van der Waals surface area (Å²) in [5.41, 5.74) is 3.45. The van der Waals surface area contributed by atoms with Gasteiger partial charge in [0.2, 0.25) is 3.79 Å². The van der Waals surface area contributed by atoms with Crippen LogP contribution < -0.4 is 10.6 Å². The molecule has 0 aliphatic carbocycles. The quantitative estimate of drug-likeness (QED) is 0.335. The fourth-order valence-electron chi connectivity index (χ4n) is 2.18. The van der Waals surface area contributed by atoms with Gasteiger partial charge in [0, 0.05) is 9.26 Å².